The normalized spacial score (nSPS) is 39.0. The van der Waals surface area contributed by atoms with Crippen LogP contribution in [0.15, 0.2) is 12.2 Å². The van der Waals surface area contributed by atoms with Gasteiger partial charge in [-0.3, -0.25) is 24.0 Å². The highest BCUT2D eigenvalue weighted by Crippen LogP contribution is 2.70. The molecule has 4 rings (SSSR count). The Morgan fingerprint density at radius 3 is 2.18 bits per heavy atom. The van der Waals surface area contributed by atoms with Crippen molar-refractivity contribution in [1.29, 1.82) is 0 Å². The van der Waals surface area contributed by atoms with E-state index in [1.807, 2.05) is 13.8 Å². The molecular weight excluding hydrogens is 496 g/mol. The van der Waals surface area contributed by atoms with E-state index in [1.165, 1.54) is 27.7 Å². The molecule has 210 valence electrons. The van der Waals surface area contributed by atoms with Crippen molar-refractivity contribution in [2.45, 2.75) is 85.5 Å². The van der Waals surface area contributed by atoms with Gasteiger partial charge in [-0.25, -0.2) is 0 Å². The first kappa shape index (κ1) is 28.1. The van der Waals surface area contributed by atoms with Crippen molar-refractivity contribution in [3.8, 4) is 0 Å². The zero-order valence-electron chi connectivity index (χ0n) is 23.0. The van der Waals surface area contributed by atoms with Crippen LogP contribution in [-0.4, -0.2) is 61.4 Å². The molecule has 8 atom stereocenters. The van der Waals surface area contributed by atoms with E-state index in [2.05, 4.69) is 6.58 Å². The van der Waals surface area contributed by atoms with Crippen molar-refractivity contribution >= 4 is 29.8 Å². The molecule has 4 fully saturated rings. The number of fused-ring (bicyclic) bond motifs is 2. The molecule has 0 aromatic heterocycles. The van der Waals surface area contributed by atoms with Crippen molar-refractivity contribution < 1.29 is 47.7 Å². The van der Waals surface area contributed by atoms with Gasteiger partial charge in [0.2, 0.25) is 0 Å². The van der Waals surface area contributed by atoms with Gasteiger partial charge in [0.1, 0.15) is 30.3 Å². The van der Waals surface area contributed by atoms with Gasteiger partial charge in [-0.2, -0.15) is 0 Å². The summed E-state index contributed by atoms with van der Waals surface area (Å²) in [5.41, 5.74) is -2.39. The summed E-state index contributed by atoms with van der Waals surface area (Å²) in [5.74, 6) is -4.10. The summed E-state index contributed by atoms with van der Waals surface area (Å²) >= 11 is 0. The van der Waals surface area contributed by atoms with Crippen LogP contribution in [0.3, 0.4) is 0 Å². The number of rotatable bonds is 5. The molecule has 10 heteroatoms. The summed E-state index contributed by atoms with van der Waals surface area (Å²) in [4.78, 5) is 62.9. The highest BCUT2D eigenvalue weighted by molar-refractivity contribution is 5.83. The zero-order valence-corrected chi connectivity index (χ0v) is 23.0. The Labute approximate surface area is 222 Å². The lowest BCUT2D eigenvalue weighted by Gasteiger charge is -2.64. The number of carbonyl (C=O) groups excluding carboxylic acids is 5. The fourth-order valence-electron chi connectivity index (χ4n) is 8.16. The van der Waals surface area contributed by atoms with E-state index < -0.39 is 76.2 Å². The summed E-state index contributed by atoms with van der Waals surface area (Å²) in [7, 11) is 0. The van der Waals surface area contributed by atoms with Crippen LogP contribution >= 0.6 is 0 Å². The Bertz CT molecular complexity index is 1060. The van der Waals surface area contributed by atoms with Crippen LogP contribution in [0.4, 0.5) is 0 Å². The maximum Gasteiger partial charge on any atom is 0.316 e. The summed E-state index contributed by atoms with van der Waals surface area (Å²) in [6.45, 7) is 13.3. The van der Waals surface area contributed by atoms with E-state index in [0.717, 1.165) is 0 Å². The molecule has 2 spiro atoms. The summed E-state index contributed by atoms with van der Waals surface area (Å²) in [6, 6.07) is 0. The molecule has 0 aromatic rings. The fourth-order valence-corrected chi connectivity index (χ4v) is 8.16. The van der Waals surface area contributed by atoms with Crippen LogP contribution in [0.1, 0.15) is 67.2 Å². The second kappa shape index (κ2) is 9.68. The van der Waals surface area contributed by atoms with E-state index in [-0.39, 0.29) is 19.1 Å². The van der Waals surface area contributed by atoms with Crippen molar-refractivity contribution in [3.05, 3.63) is 12.2 Å². The molecular formula is C28H38O10. The molecule has 4 aliphatic rings. The van der Waals surface area contributed by atoms with Gasteiger partial charge in [-0.1, -0.05) is 20.4 Å². The number of ether oxygens (including phenoxy) is 5. The lowest BCUT2D eigenvalue weighted by atomic mass is 9.43. The quantitative estimate of drug-likeness (QED) is 0.295. The van der Waals surface area contributed by atoms with Crippen LogP contribution in [0.2, 0.25) is 0 Å². The molecule has 3 aliphatic carbocycles. The van der Waals surface area contributed by atoms with Gasteiger partial charge in [-0.05, 0) is 42.6 Å². The molecule has 0 amide bonds. The average Bonchev–Trinajstić information content (AvgIpc) is 2.99. The Hall–Kier alpha value is -2.91. The first-order valence-corrected chi connectivity index (χ1v) is 13.2. The number of cyclic esters (lactones) is 1. The van der Waals surface area contributed by atoms with E-state index in [1.54, 1.807) is 0 Å². The van der Waals surface area contributed by atoms with Gasteiger partial charge in [0.15, 0.2) is 0 Å². The topological polar surface area (TPSA) is 132 Å². The molecule has 3 saturated carbocycles. The molecule has 1 heterocycles. The Morgan fingerprint density at radius 1 is 0.974 bits per heavy atom. The second-order valence-electron chi connectivity index (χ2n) is 12.0. The third-order valence-electron chi connectivity index (χ3n) is 9.37. The van der Waals surface area contributed by atoms with Crippen molar-refractivity contribution in [1.82, 2.24) is 0 Å². The SMILES string of the molecule is C=C1[C@@H]2C[C@@H](OC(C)=O)[C@@H]3[C@](C2)(C(=O)OC[C@@]32[C@@H](OC(C)=O)CCC(C)(C)[C@H]2COC(C)=O)[C@@H]1OC(C)=O. The first-order chi connectivity index (χ1) is 17.7. The van der Waals surface area contributed by atoms with Gasteiger partial charge >= 0.3 is 29.8 Å². The summed E-state index contributed by atoms with van der Waals surface area (Å²) < 4.78 is 29.2. The first-order valence-electron chi connectivity index (χ1n) is 13.2. The average molecular weight is 535 g/mol. The zero-order chi connectivity index (χ0) is 28.2. The monoisotopic (exact) mass is 534 g/mol. The minimum absolute atomic E-state index is 0.0143. The molecule has 1 saturated heterocycles. The van der Waals surface area contributed by atoms with Crippen LogP contribution in [0.5, 0.6) is 0 Å². The molecule has 0 aromatic carbocycles. The summed E-state index contributed by atoms with van der Waals surface area (Å²) in [5, 5.41) is 0. The third-order valence-corrected chi connectivity index (χ3v) is 9.37. The highest BCUT2D eigenvalue weighted by atomic mass is 16.6. The molecule has 1 aliphatic heterocycles. The minimum atomic E-state index is -1.41. The van der Waals surface area contributed by atoms with Gasteiger partial charge in [0.25, 0.3) is 0 Å². The largest absolute Gasteiger partial charge is 0.466 e. The van der Waals surface area contributed by atoms with E-state index >= 15 is 0 Å². The molecule has 10 nitrogen and oxygen atoms in total. The number of hydrogen-bond acceptors (Lipinski definition) is 10. The number of carbonyl (C=O) groups is 5. The van der Waals surface area contributed by atoms with Gasteiger partial charge in [0, 0.05) is 39.5 Å². The van der Waals surface area contributed by atoms with Gasteiger partial charge < -0.3 is 23.7 Å². The lowest BCUT2D eigenvalue weighted by Crippen LogP contribution is -2.72. The predicted molar refractivity (Wildman–Crippen MR) is 131 cm³/mol. The second-order valence-corrected chi connectivity index (χ2v) is 12.0. The van der Waals surface area contributed by atoms with Crippen molar-refractivity contribution in [2.75, 3.05) is 13.2 Å². The maximum absolute atomic E-state index is 13.9. The molecule has 0 N–H and O–H groups in total. The molecule has 2 bridgehead atoms. The summed E-state index contributed by atoms with van der Waals surface area (Å²) in [6.07, 6.45) is -0.743. The Kier molecular flexibility index (Phi) is 7.16. The smallest absolute Gasteiger partial charge is 0.316 e. The van der Waals surface area contributed by atoms with Gasteiger partial charge in [0.05, 0.1) is 12.0 Å². The van der Waals surface area contributed by atoms with E-state index in [0.29, 0.717) is 31.3 Å². The van der Waals surface area contributed by atoms with E-state index in [9.17, 15) is 24.0 Å². The van der Waals surface area contributed by atoms with Crippen LogP contribution in [-0.2, 0) is 47.7 Å². The fraction of sp³-hybridized carbons (Fsp3) is 0.750. The van der Waals surface area contributed by atoms with Crippen LogP contribution < -0.4 is 0 Å². The number of hydrogen-bond donors (Lipinski definition) is 0. The minimum Gasteiger partial charge on any atom is -0.466 e. The number of esters is 5. The van der Waals surface area contributed by atoms with Crippen LogP contribution in [0, 0.1) is 34.0 Å². The molecule has 0 unspecified atom stereocenters. The Morgan fingerprint density at radius 2 is 1.61 bits per heavy atom. The van der Waals surface area contributed by atoms with Crippen LogP contribution in [0.25, 0.3) is 0 Å². The molecule has 0 radical (unpaired) electrons. The molecule has 38 heavy (non-hydrogen) atoms. The van der Waals surface area contributed by atoms with E-state index in [4.69, 9.17) is 23.7 Å². The lowest BCUT2D eigenvalue weighted by molar-refractivity contribution is -0.278. The predicted octanol–water partition coefficient (Wildman–Crippen LogP) is 2.91. The standard InChI is InChI=1S/C28H38O10/c1-14-19-10-20(36-16(3)30)23-27(11-19,24(14)38-18(5)32)25(33)35-13-28(23)21(12-34-15(2)29)26(6,7)9-8-22(28)37-17(4)31/h19-24H,1,8-13H2,2-7H3/t19-,20-,21-,22+,23-,24-,27+,28-/m1/s1. The Balaban J connectivity index is 2.00. The van der Waals surface area contributed by atoms with Gasteiger partial charge in [-0.15, -0.1) is 0 Å². The van der Waals surface area contributed by atoms with Crippen molar-refractivity contribution in [3.63, 3.8) is 0 Å². The van der Waals surface area contributed by atoms with Crippen molar-refractivity contribution in [2.24, 2.45) is 34.0 Å². The maximum atomic E-state index is 13.9. The third kappa shape index (κ3) is 4.29. The highest BCUT2D eigenvalue weighted by Gasteiger charge is 2.78.